The third kappa shape index (κ3) is 2.94. The quantitative estimate of drug-likeness (QED) is 0.841. The van der Waals surface area contributed by atoms with Gasteiger partial charge < -0.3 is 5.11 Å². The fourth-order valence-corrected chi connectivity index (χ4v) is 1.85. The van der Waals surface area contributed by atoms with Crippen molar-refractivity contribution in [3.63, 3.8) is 0 Å². The van der Waals surface area contributed by atoms with Crippen LogP contribution in [0, 0.1) is 12.7 Å². The minimum Gasteiger partial charge on any atom is -0.508 e. The molecule has 0 spiro atoms. The molecule has 1 N–H and O–H groups in total. The number of carbonyl (C=O) groups is 1. The maximum Gasteiger partial charge on any atom is 0.167 e. The van der Waals surface area contributed by atoms with E-state index in [0.29, 0.717) is 16.7 Å². The van der Waals surface area contributed by atoms with E-state index in [4.69, 9.17) is 0 Å². The first kappa shape index (κ1) is 12.3. The van der Waals surface area contributed by atoms with E-state index < -0.39 is 5.82 Å². The number of Topliss-reactive ketones (excluding diaryl/α,β-unsaturated/α-hetero) is 1. The van der Waals surface area contributed by atoms with E-state index in [0.717, 1.165) is 0 Å². The standard InChI is InChI=1S/C15H13FO2/c1-10-5-12(9-13(16)6-10)15(18)8-11-3-2-4-14(17)7-11/h2-7,9,17H,8H2,1H3. The third-order valence-electron chi connectivity index (χ3n) is 2.64. The van der Waals surface area contributed by atoms with Gasteiger partial charge in [0.25, 0.3) is 0 Å². The van der Waals surface area contributed by atoms with Crippen molar-refractivity contribution in [1.82, 2.24) is 0 Å². The summed E-state index contributed by atoms with van der Waals surface area (Å²) in [7, 11) is 0. The molecular formula is C15H13FO2. The summed E-state index contributed by atoms with van der Waals surface area (Å²) in [6.07, 6.45) is 0.150. The van der Waals surface area contributed by atoms with Gasteiger partial charge in [-0.2, -0.15) is 0 Å². The largest absolute Gasteiger partial charge is 0.508 e. The van der Waals surface area contributed by atoms with Crippen molar-refractivity contribution < 1.29 is 14.3 Å². The Hall–Kier alpha value is -2.16. The van der Waals surface area contributed by atoms with Crippen LogP contribution in [0.25, 0.3) is 0 Å². The van der Waals surface area contributed by atoms with Crippen molar-refractivity contribution >= 4 is 5.78 Å². The van der Waals surface area contributed by atoms with Gasteiger partial charge in [0.1, 0.15) is 11.6 Å². The number of aryl methyl sites for hydroxylation is 1. The highest BCUT2D eigenvalue weighted by molar-refractivity contribution is 5.97. The molecule has 2 rings (SSSR count). The predicted molar refractivity (Wildman–Crippen MR) is 67.3 cm³/mol. The lowest BCUT2D eigenvalue weighted by Crippen LogP contribution is -2.04. The molecule has 0 unspecified atom stereocenters. The van der Waals surface area contributed by atoms with E-state index in [1.165, 1.54) is 18.2 Å². The molecule has 0 heterocycles. The van der Waals surface area contributed by atoms with E-state index in [1.807, 2.05) is 0 Å². The van der Waals surface area contributed by atoms with Crippen LogP contribution in [0.3, 0.4) is 0 Å². The van der Waals surface area contributed by atoms with Gasteiger partial charge in [-0.25, -0.2) is 4.39 Å². The molecule has 3 heteroatoms. The molecule has 0 saturated carbocycles. The van der Waals surface area contributed by atoms with Crippen molar-refractivity contribution in [3.05, 3.63) is 65.0 Å². The van der Waals surface area contributed by atoms with Crippen molar-refractivity contribution in [1.29, 1.82) is 0 Å². The Morgan fingerprint density at radius 3 is 2.67 bits per heavy atom. The Balaban J connectivity index is 2.22. The van der Waals surface area contributed by atoms with Crippen molar-refractivity contribution in [2.75, 3.05) is 0 Å². The lowest BCUT2D eigenvalue weighted by molar-refractivity contribution is 0.0992. The lowest BCUT2D eigenvalue weighted by atomic mass is 10.0. The fourth-order valence-electron chi connectivity index (χ4n) is 1.85. The SMILES string of the molecule is Cc1cc(F)cc(C(=O)Cc2cccc(O)c2)c1. The van der Waals surface area contributed by atoms with Crippen molar-refractivity contribution in [2.24, 2.45) is 0 Å². The first-order valence-electron chi connectivity index (χ1n) is 5.63. The zero-order chi connectivity index (χ0) is 13.1. The molecule has 0 saturated heterocycles. The molecular weight excluding hydrogens is 231 g/mol. The summed E-state index contributed by atoms with van der Waals surface area (Å²) in [6, 6.07) is 10.8. The predicted octanol–water partition coefficient (Wildman–Crippen LogP) is 3.27. The van der Waals surface area contributed by atoms with Crippen LogP contribution in [0.1, 0.15) is 21.5 Å². The molecule has 0 radical (unpaired) electrons. The minimum absolute atomic E-state index is 0.121. The maximum atomic E-state index is 13.2. The van der Waals surface area contributed by atoms with E-state index in [-0.39, 0.29) is 18.0 Å². The Morgan fingerprint density at radius 2 is 2.00 bits per heavy atom. The highest BCUT2D eigenvalue weighted by Gasteiger charge is 2.09. The van der Waals surface area contributed by atoms with Crippen LogP contribution in [-0.4, -0.2) is 10.9 Å². The molecule has 0 aliphatic carbocycles. The number of phenols is 1. The van der Waals surface area contributed by atoms with Crippen molar-refractivity contribution in [3.8, 4) is 5.75 Å². The number of hydrogen-bond donors (Lipinski definition) is 1. The molecule has 18 heavy (non-hydrogen) atoms. The van der Waals surface area contributed by atoms with E-state index >= 15 is 0 Å². The molecule has 0 aliphatic heterocycles. The highest BCUT2D eigenvalue weighted by Crippen LogP contribution is 2.15. The van der Waals surface area contributed by atoms with Crippen molar-refractivity contribution in [2.45, 2.75) is 13.3 Å². The van der Waals surface area contributed by atoms with Gasteiger partial charge >= 0.3 is 0 Å². The van der Waals surface area contributed by atoms with Crippen LogP contribution in [-0.2, 0) is 6.42 Å². The second kappa shape index (κ2) is 5.00. The topological polar surface area (TPSA) is 37.3 Å². The van der Waals surface area contributed by atoms with Crippen LogP contribution in [0.5, 0.6) is 5.75 Å². The Kier molecular flexibility index (Phi) is 3.42. The average Bonchev–Trinajstić information content (AvgIpc) is 2.27. The van der Waals surface area contributed by atoms with Gasteiger partial charge in [0.05, 0.1) is 0 Å². The molecule has 0 aliphatic rings. The van der Waals surface area contributed by atoms with Crippen LogP contribution < -0.4 is 0 Å². The number of carbonyl (C=O) groups excluding carboxylic acids is 1. The summed E-state index contributed by atoms with van der Waals surface area (Å²) >= 11 is 0. The summed E-state index contributed by atoms with van der Waals surface area (Å²) in [5, 5.41) is 9.31. The Morgan fingerprint density at radius 1 is 1.22 bits per heavy atom. The van der Waals surface area contributed by atoms with Crippen LogP contribution >= 0.6 is 0 Å². The molecule has 2 aromatic rings. The molecule has 0 fully saturated rings. The molecule has 2 aromatic carbocycles. The number of ketones is 1. The molecule has 0 bridgehead atoms. The summed E-state index contributed by atoms with van der Waals surface area (Å²) < 4.78 is 13.2. The second-order valence-electron chi connectivity index (χ2n) is 4.29. The number of benzene rings is 2. The molecule has 0 amide bonds. The van der Waals surface area contributed by atoms with E-state index in [9.17, 15) is 14.3 Å². The Bertz CT molecular complexity index is 571. The normalized spacial score (nSPS) is 10.3. The molecule has 0 aromatic heterocycles. The zero-order valence-electron chi connectivity index (χ0n) is 9.98. The van der Waals surface area contributed by atoms with E-state index in [2.05, 4.69) is 0 Å². The van der Waals surface area contributed by atoms with E-state index in [1.54, 1.807) is 31.2 Å². The van der Waals surface area contributed by atoms with Gasteiger partial charge in [0, 0.05) is 12.0 Å². The summed E-state index contributed by atoms with van der Waals surface area (Å²) in [4.78, 5) is 12.0. The van der Waals surface area contributed by atoms with Gasteiger partial charge in [-0.1, -0.05) is 12.1 Å². The molecule has 2 nitrogen and oxygen atoms in total. The summed E-state index contributed by atoms with van der Waals surface area (Å²) in [5.74, 6) is -0.451. The highest BCUT2D eigenvalue weighted by atomic mass is 19.1. The fraction of sp³-hybridized carbons (Fsp3) is 0.133. The second-order valence-corrected chi connectivity index (χ2v) is 4.29. The monoisotopic (exact) mass is 244 g/mol. The minimum atomic E-state index is -0.408. The summed E-state index contributed by atoms with van der Waals surface area (Å²) in [5.41, 5.74) is 1.78. The molecule has 0 atom stereocenters. The smallest absolute Gasteiger partial charge is 0.167 e. The number of hydrogen-bond acceptors (Lipinski definition) is 2. The van der Waals surface area contributed by atoms with Gasteiger partial charge in [0.2, 0.25) is 0 Å². The van der Waals surface area contributed by atoms with Gasteiger partial charge in [0.15, 0.2) is 5.78 Å². The summed E-state index contributed by atoms with van der Waals surface area (Å²) in [6.45, 7) is 1.74. The number of halogens is 1. The number of phenolic OH excluding ortho intramolecular Hbond substituents is 1. The van der Waals surface area contributed by atoms with Gasteiger partial charge in [-0.05, 0) is 48.4 Å². The molecule has 92 valence electrons. The first-order valence-corrected chi connectivity index (χ1v) is 5.63. The van der Waals surface area contributed by atoms with Crippen LogP contribution in [0.15, 0.2) is 42.5 Å². The number of aromatic hydroxyl groups is 1. The van der Waals surface area contributed by atoms with Gasteiger partial charge in [-0.15, -0.1) is 0 Å². The van der Waals surface area contributed by atoms with Crippen LogP contribution in [0.4, 0.5) is 4.39 Å². The maximum absolute atomic E-state index is 13.2. The first-order chi connectivity index (χ1) is 8.54. The lowest BCUT2D eigenvalue weighted by Gasteiger charge is -2.04. The number of rotatable bonds is 3. The zero-order valence-corrected chi connectivity index (χ0v) is 9.98. The van der Waals surface area contributed by atoms with Crippen LogP contribution in [0.2, 0.25) is 0 Å². The third-order valence-corrected chi connectivity index (χ3v) is 2.64. The Labute approximate surface area is 105 Å². The average molecular weight is 244 g/mol. The van der Waals surface area contributed by atoms with Gasteiger partial charge in [-0.3, -0.25) is 4.79 Å².